The molecule has 0 aliphatic heterocycles. The van der Waals surface area contributed by atoms with Crippen molar-refractivity contribution in [2.45, 2.75) is 26.5 Å². The Bertz CT molecular complexity index is 630. The van der Waals surface area contributed by atoms with Crippen molar-refractivity contribution in [2.24, 2.45) is 0 Å². The monoisotopic (exact) mass is 367 g/mol. The highest BCUT2D eigenvalue weighted by Gasteiger charge is 2.11. The fourth-order valence-electron chi connectivity index (χ4n) is 2.09. The molecule has 0 amide bonds. The second kappa shape index (κ2) is 7.30. The quantitative estimate of drug-likeness (QED) is 0.776. The van der Waals surface area contributed by atoms with E-state index in [0.717, 1.165) is 21.3 Å². The SMILES string of the molecule is CNC(C)c1cc(C)ccc1OCc1ccc(Br)cc1Cl. The topological polar surface area (TPSA) is 21.3 Å². The van der Waals surface area contributed by atoms with Gasteiger partial charge in [-0.15, -0.1) is 0 Å². The van der Waals surface area contributed by atoms with Gasteiger partial charge in [0.15, 0.2) is 0 Å². The summed E-state index contributed by atoms with van der Waals surface area (Å²) in [6, 6.07) is 12.3. The van der Waals surface area contributed by atoms with Crippen molar-refractivity contribution in [1.29, 1.82) is 0 Å². The third kappa shape index (κ3) is 4.22. The molecule has 21 heavy (non-hydrogen) atoms. The van der Waals surface area contributed by atoms with E-state index in [1.165, 1.54) is 5.56 Å². The molecule has 0 heterocycles. The molecule has 0 aromatic heterocycles. The predicted octanol–water partition coefficient (Wildman–Crippen LogP) is 5.27. The van der Waals surface area contributed by atoms with Crippen molar-refractivity contribution < 1.29 is 4.74 Å². The van der Waals surface area contributed by atoms with Gasteiger partial charge in [-0.3, -0.25) is 0 Å². The first-order valence-electron chi connectivity index (χ1n) is 6.86. The van der Waals surface area contributed by atoms with Gasteiger partial charge in [-0.25, -0.2) is 0 Å². The van der Waals surface area contributed by atoms with E-state index >= 15 is 0 Å². The lowest BCUT2D eigenvalue weighted by Crippen LogP contribution is -2.14. The maximum atomic E-state index is 6.23. The number of aryl methyl sites for hydroxylation is 1. The van der Waals surface area contributed by atoms with Gasteiger partial charge >= 0.3 is 0 Å². The molecule has 2 rings (SSSR count). The van der Waals surface area contributed by atoms with Crippen LogP contribution in [0.2, 0.25) is 5.02 Å². The van der Waals surface area contributed by atoms with E-state index in [9.17, 15) is 0 Å². The maximum absolute atomic E-state index is 6.23. The Morgan fingerprint density at radius 1 is 1.24 bits per heavy atom. The zero-order chi connectivity index (χ0) is 15.4. The van der Waals surface area contributed by atoms with Gasteiger partial charge in [0, 0.05) is 26.7 Å². The highest BCUT2D eigenvalue weighted by Crippen LogP contribution is 2.28. The fraction of sp³-hybridized carbons (Fsp3) is 0.294. The summed E-state index contributed by atoms with van der Waals surface area (Å²) in [4.78, 5) is 0. The highest BCUT2D eigenvalue weighted by molar-refractivity contribution is 9.10. The molecule has 0 saturated heterocycles. The van der Waals surface area contributed by atoms with Crippen LogP contribution in [-0.2, 0) is 6.61 Å². The van der Waals surface area contributed by atoms with Crippen LogP contribution in [0, 0.1) is 6.92 Å². The summed E-state index contributed by atoms with van der Waals surface area (Å²) in [6.45, 7) is 4.66. The molecular weight excluding hydrogens is 350 g/mol. The molecule has 0 saturated carbocycles. The Morgan fingerprint density at radius 2 is 2.00 bits per heavy atom. The summed E-state index contributed by atoms with van der Waals surface area (Å²) in [5.41, 5.74) is 3.36. The molecule has 0 fully saturated rings. The van der Waals surface area contributed by atoms with Crippen LogP contribution in [0.15, 0.2) is 40.9 Å². The molecule has 1 atom stereocenters. The number of rotatable bonds is 5. The van der Waals surface area contributed by atoms with Crippen LogP contribution in [0.3, 0.4) is 0 Å². The van der Waals surface area contributed by atoms with Crippen molar-refractivity contribution >= 4 is 27.5 Å². The molecule has 2 aromatic rings. The zero-order valence-electron chi connectivity index (χ0n) is 12.4. The summed E-state index contributed by atoms with van der Waals surface area (Å²) in [5.74, 6) is 0.890. The zero-order valence-corrected chi connectivity index (χ0v) is 14.8. The van der Waals surface area contributed by atoms with Gasteiger partial charge in [0.25, 0.3) is 0 Å². The lowest BCUT2D eigenvalue weighted by atomic mass is 10.0. The van der Waals surface area contributed by atoms with Crippen molar-refractivity contribution in [3.8, 4) is 5.75 Å². The smallest absolute Gasteiger partial charge is 0.124 e. The average Bonchev–Trinajstić information content (AvgIpc) is 2.46. The fourth-order valence-corrected chi connectivity index (χ4v) is 2.82. The Balaban J connectivity index is 2.19. The first-order valence-corrected chi connectivity index (χ1v) is 8.03. The molecule has 112 valence electrons. The Labute approximate surface area is 139 Å². The minimum atomic E-state index is 0.236. The summed E-state index contributed by atoms with van der Waals surface area (Å²) < 4.78 is 6.95. The Kier molecular flexibility index (Phi) is 5.68. The number of benzene rings is 2. The van der Waals surface area contributed by atoms with Crippen molar-refractivity contribution in [3.63, 3.8) is 0 Å². The molecule has 0 radical (unpaired) electrons. The van der Waals surface area contributed by atoms with E-state index in [1.807, 2.05) is 31.3 Å². The molecule has 0 spiro atoms. The summed E-state index contributed by atoms with van der Waals surface area (Å²) in [5, 5.41) is 3.96. The van der Waals surface area contributed by atoms with E-state index in [4.69, 9.17) is 16.3 Å². The van der Waals surface area contributed by atoms with Crippen LogP contribution < -0.4 is 10.1 Å². The van der Waals surface area contributed by atoms with E-state index < -0.39 is 0 Å². The van der Waals surface area contributed by atoms with Gasteiger partial charge in [0.2, 0.25) is 0 Å². The van der Waals surface area contributed by atoms with Crippen molar-refractivity contribution in [1.82, 2.24) is 5.32 Å². The third-order valence-corrected chi connectivity index (χ3v) is 4.31. The molecule has 0 aliphatic carbocycles. The standard InChI is InChI=1S/C17H19BrClNO/c1-11-4-7-17(15(8-11)12(2)20-3)21-10-13-5-6-14(18)9-16(13)19/h4-9,12,20H,10H2,1-3H3. The molecule has 2 aromatic carbocycles. The van der Waals surface area contributed by atoms with Gasteiger partial charge in [0.05, 0.1) is 0 Å². The molecule has 0 bridgehead atoms. The first kappa shape index (κ1) is 16.3. The van der Waals surface area contributed by atoms with Crippen LogP contribution in [0.1, 0.15) is 29.7 Å². The van der Waals surface area contributed by atoms with Gasteiger partial charge in [-0.05, 0) is 39.1 Å². The van der Waals surface area contributed by atoms with Gasteiger partial charge in [-0.2, -0.15) is 0 Å². The van der Waals surface area contributed by atoms with Gasteiger partial charge < -0.3 is 10.1 Å². The summed E-state index contributed by atoms with van der Waals surface area (Å²) in [7, 11) is 1.95. The first-order chi connectivity index (χ1) is 10.0. The van der Waals surface area contributed by atoms with E-state index in [2.05, 4.69) is 47.2 Å². The highest BCUT2D eigenvalue weighted by atomic mass is 79.9. The minimum absolute atomic E-state index is 0.236. The number of ether oxygens (including phenoxy) is 1. The maximum Gasteiger partial charge on any atom is 0.124 e. The summed E-state index contributed by atoms with van der Waals surface area (Å²) >= 11 is 9.63. The lowest BCUT2D eigenvalue weighted by molar-refractivity contribution is 0.300. The average molecular weight is 369 g/mol. The lowest BCUT2D eigenvalue weighted by Gasteiger charge is -2.17. The second-order valence-electron chi connectivity index (χ2n) is 5.08. The van der Waals surface area contributed by atoms with Crippen molar-refractivity contribution in [2.75, 3.05) is 7.05 Å². The van der Waals surface area contributed by atoms with Crippen LogP contribution >= 0.6 is 27.5 Å². The second-order valence-corrected chi connectivity index (χ2v) is 6.40. The molecule has 1 unspecified atom stereocenters. The van der Waals surface area contributed by atoms with Gasteiger partial charge in [0.1, 0.15) is 12.4 Å². The molecule has 0 aliphatic rings. The molecular formula is C17H19BrClNO. The van der Waals surface area contributed by atoms with E-state index in [0.29, 0.717) is 11.6 Å². The van der Waals surface area contributed by atoms with Gasteiger partial charge in [-0.1, -0.05) is 51.3 Å². The largest absolute Gasteiger partial charge is 0.489 e. The predicted molar refractivity (Wildman–Crippen MR) is 92.1 cm³/mol. The van der Waals surface area contributed by atoms with E-state index in [1.54, 1.807) is 0 Å². The number of halogens is 2. The normalized spacial score (nSPS) is 12.2. The summed E-state index contributed by atoms with van der Waals surface area (Å²) in [6.07, 6.45) is 0. The number of hydrogen-bond acceptors (Lipinski definition) is 2. The Hall–Kier alpha value is -1.03. The third-order valence-electron chi connectivity index (χ3n) is 3.46. The Morgan fingerprint density at radius 3 is 2.67 bits per heavy atom. The number of hydrogen-bond donors (Lipinski definition) is 1. The van der Waals surface area contributed by atoms with Crippen LogP contribution in [0.4, 0.5) is 0 Å². The van der Waals surface area contributed by atoms with Crippen molar-refractivity contribution in [3.05, 3.63) is 62.6 Å². The van der Waals surface area contributed by atoms with Crippen LogP contribution in [0.5, 0.6) is 5.75 Å². The number of nitrogens with one attached hydrogen (secondary N) is 1. The minimum Gasteiger partial charge on any atom is -0.489 e. The van der Waals surface area contributed by atoms with Crippen LogP contribution in [-0.4, -0.2) is 7.05 Å². The molecule has 1 N–H and O–H groups in total. The van der Waals surface area contributed by atoms with Crippen LogP contribution in [0.25, 0.3) is 0 Å². The molecule has 4 heteroatoms. The molecule has 2 nitrogen and oxygen atoms in total. The van der Waals surface area contributed by atoms with E-state index in [-0.39, 0.29) is 6.04 Å².